The Morgan fingerprint density at radius 3 is 2.25 bits per heavy atom. The van der Waals surface area contributed by atoms with E-state index in [0.29, 0.717) is 21.7 Å². The van der Waals surface area contributed by atoms with Crippen LogP contribution in [0.25, 0.3) is 4.83 Å². The van der Waals surface area contributed by atoms with Crippen LogP contribution in [0, 0.1) is 0 Å². The summed E-state index contributed by atoms with van der Waals surface area (Å²) < 4.78 is 1.80. The number of hydrogen-bond donors (Lipinski definition) is 0. The van der Waals surface area contributed by atoms with Gasteiger partial charge < -0.3 is 12.4 Å². The Kier molecular flexibility index (Phi) is 2.92. The summed E-state index contributed by atoms with van der Waals surface area (Å²) in [5.74, 6) is -0.133. The standard InChI is InChI=1S/C15H8NO2S.ClH/c17-13-9-5-1-2-6-10(9)14(18)15-12(13)16-8-4-3-7-11(16)19-15;/h1-8H;1H/q+1;/p-1. The highest BCUT2D eigenvalue weighted by molar-refractivity contribution is 7.19. The number of halogens is 1. The van der Waals surface area contributed by atoms with E-state index in [-0.39, 0.29) is 24.0 Å². The van der Waals surface area contributed by atoms with Gasteiger partial charge in [0.2, 0.25) is 5.78 Å². The Bertz CT molecular complexity index is 869. The fourth-order valence-electron chi connectivity index (χ4n) is 2.45. The molecule has 20 heavy (non-hydrogen) atoms. The van der Waals surface area contributed by atoms with E-state index in [4.69, 9.17) is 0 Å². The fourth-order valence-corrected chi connectivity index (χ4v) is 3.55. The summed E-state index contributed by atoms with van der Waals surface area (Å²) in [6.07, 6.45) is 1.82. The molecule has 0 atom stereocenters. The third-order valence-corrected chi connectivity index (χ3v) is 4.45. The number of carbonyl (C=O) groups is 2. The second-order valence-corrected chi connectivity index (χ2v) is 5.42. The van der Waals surface area contributed by atoms with E-state index >= 15 is 0 Å². The molecule has 0 fully saturated rings. The summed E-state index contributed by atoms with van der Waals surface area (Å²) >= 11 is 1.37. The molecule has 0 saturated carbocycles. The number of carbonyl (C=O) groups excluding carboxylic acids is 2. The zero-order valence-electron chi connectivity index (χ0n) is 10.2. The van der Waals surface area contributed by atoms with Crippen LogP contribution in [0.15, 0.2) is 48.7 Å². The summed E-state index contributed by atoms with van der Waals surface area (Å²) in [5, 5.41) is 0. The van der Waals surface area contributed by atoms with Crippen LogP contribution in [0.2, 0.25) is 0 Å². The number of rotatable bonds is 0. The molecule has 0 N–H and O–H groups in total. The van der Waals surface area contributed by atoms with E-state index < -0.39 is 0 Å². The van der Waals surface area contributed by atoms with Gasteiger partial charge in [0, 0.05) is 23.3 Å². The minimum absolute atomic E-state index is 0. The molecule has 5 heteroatoms. The first-order chi connectivity index (χ1) is 9.27. The molecule has 2 heterocycles. The van der Waals surface area contributed by atoms with Gasteiger partial charge in [-0.3, -0.25) is 9.59 Å². The van der Waals surface area contributed by atoms with Crippen molar-refractivity contribution in [3.05, 3.63) is 70.4 Å². The lowest BCUT2D eigenvalue weighted by atomic mass is 9.91. The van der Waals surface area contributed by atoms with Gasteiger partial charge in [0.25, 0.3) is 16.3 Å². The molecule has 0 radical (unpaired) electrons. The van der Waals surface area contributed by atoms with Crippen LogP contribution >= 0.6 is 11.3 Å². The second-order valence-electron chi connectivity index (χ2n) is 4.39. The summed E-state index contributed by atoms with van der Waals surface area (Å²) in [5.41, 5.74) is 1.49. The largest absolute Gasteiger partial charge is 1.00 e. The number of pyridine rings is 1. The molecule has 0 bridgehead atoms. The number of fused-ring (bicyclic) bond motifs is 4. The Morgan fingerprint density at radius 1 is 0.850 bits per heavy atom. The van der Waals surface area contributed by atoms with Crippen molar-refractivity contribution < 1.29 is 26.4 Å². The van der Waals surface area contributed by atoms with Crippen LogP contribution in [0.1, 0.15) is 31.3 Å². The number of aromatic nitrogens is 1. The van der Waals surface area contributed by atoms with Crippen LogP contribution in [0.4, 0.5) is 0 Å². The fraction of sp³-hybridized carbons (Fsp3) is 0. The molecule has 0 saturated heterocycles. The van der Waals surface area contributed by atoms with Gasteiger partial charge in [-0.2, -0.15) is 0 Å². The molecule has 4 rings (SSSR count). The molecule has 2 aromatic heterocycles. The Labute approximate surface area is 124 Å². The molecular weight excluding hydrogens is 294 g/mol. The smallest absolute Gasteiger partial charge is 0.281 e. The molecule has 98 valence electrons. The lowest BCUT2D eigenvalue weighted by molar-refractivity contribution is -0.510. The molecule has 3 nitrogen and oxygen atoms in total. The van der Waals surface area contributed by atoms with Crippen LogP contribution < -0.4 is 16.8 Å². The van der Waals surface area contributed by atoms with Gasteiger partial charge in [-0.15, -0.1) is 4.40 Å². The van der Waals surface area contributed by atoms with Gasteiger partial charge in [0.05, 0.1) is 0 Å². The van der Waals surface area contributed by atoms with Crippen molar-refractivity contribution >= 4 is 27.7 Å². The number of benzene rings is 1. The quantitative estimate of drug-likeness (QED) is 0.402. The molecule has 1 aliphatic carbocycles. The van der Waals surface area contributed by atoms with Crippen molar-refractivity contribution in [1.29, 1.82) is 0 Å². The first-order valence-electron chi connectivity index (χ1n) is 5.89. The van der Waals surface area contributed by atoms with Crippen LogP contribution in [-0.2, 0) is 0 Å². The summed E-state index contributed by atoms with van der Waals surface area (Å²) in [6.45, 7) is 0. The zero-order chi connectivity index (χ0) is 13.0. The minimum atomic E-state index is -0.0762. The lowest BCUT2D eigenvalue weighted by Gasteiger charge is -2.09. The van der Waals surface area contributed by atoms with Crippen molar-refractivity contribution in [1.82, 2.24) is 0 Å². The van der Waals surface area contributed by atoms with Gasteiger partial charge in [0.1, 0.15) is 0 Å². The predicted molar refractivity (Wildman–Crippen MR) is 70.8 cm³/mol. The number of ketones is 2. The summed E-state index contributed by atoms with van der Waals surface area (Å²) in [6, 6.07) is 12.7. The Balaban J connectivity index is 0.00000121. The number of hydrogen-bond acceptors (Lipinski definition) is 3. The van der Waals surface area contributed by atoms with E-state index in [1.807, 2.05) is 24.4 Å². The number of nitrogens with zero attached hydrogens (tertiary/aromatic N) is 1. The number of thiazole rings is 1. The maximum atomic E-state index is 12.6. The highest BCUT2D eigenvalue weighted by Gasteiger charge is 2.39. The van der Waals surface area contributed by atoms with Crippen LogP contribution in [-0.4, -0.2) is 11.6 Å². The van der Waals surface area contributed by atoms with Gasteiger partial charge >= 0.3 is 0 Å². The first-order valence-corrected chi connectivity index (χ1v) is 6.70. The molecular formula is C15H8ClNO2S. The van der Waals surface area contributed by atoms with Crippen molar-refractivity contribution in [3.63, 3.8) is 0 Å². The van der Waals surface area contributed by atoms with Gasteiger partial charge in [0.15, 0.2) is 11.1 Å². The highest BCUT2D eigenvalue weighted by Crippen LogP contribution is 2.29. The Hall–Kier alpha value is -2.04. The Morgan fingerprint density at radius 2 is 1.50 bits per heavy atom. The van der Waals surface area contributed by atoms with Crippen molar-refractivity contribution in [2.45, 2.75) is 0 Å². The van der Waals surface area contributed by atoms with Crippen molar-refractivity contribution in [2.24, 2.45) is 0 Å². The molecule has 3 aromatic rings. The SMILES string of the molecule is O=C1c2ccccc2C(=O)c2c1sc1cccc[n+]21.[Cl-]. The van der Waals surface area contributed by atoms with E-state index in [2.05, 4.69) is 0 Å². The normalized spacial score (nSPS) is 12.8. The van der Waals surface area contributed by atoms with Gasteiger partial charge in [-0.1, -0.05) is 35.6 Å². The first kappa shape index (κ1) is 13.0. The van der Waals surface area contributed by atoms with Crippen molar-refractivity contribution in [3.8, 4) is 0 Å². The second kappa shape index (κ2) is 4.51. The van der Waals surface area contributed by atoms with Crippen LogP contribution in [0.5, 0.6) is 0 Å². The highest BCUT2D eigenvalue weighted by atomic mass is 35.5. The molecule has 1 aliphatic rings. The third kappa shape index (κ3) is 1.55. The zero-order valence-corrected chi connectivity index (χ0v) is 11.7. The summed E-state index contributed by atoms with van der Waals surface area (Å²) in [4.78, 5) is 26.5. The van der Waals surface area contributed by atoms with E-state index in [0.717, 1.165) is 4.83 Å². The van der Waals surface area contributed by atoms with E-state index in [1.54, 1.807) is 28.7 Å². The molecule has 1 aromatic carbocycles. The van der Waals surface area contributed by atoms with Crippen LogP contribution in [0.3, 0.4) is 0 Å². The van der Waals surface area contributed by atoms with Gasteiger partial charge in [-0.05, 0) is 6.07 Å². The maximum Gasteiger partial charge on any atom is 0.281 e. The van der Waals surface area contributed by atoms with Crippen molar-refractivity contribution in [2.75, 3.05) is 0 Å². The van der Waals surface area contributed by atoms with E-state index in [1.165, 1.54) is 11.3 Å². The monoisotopic (exact) mass is 301 g/mol. The van der Waals surface area contributed by atoms with E-state index in [9.17, 15) is 9.59 Å². The third-order valence-electron chi connectivity index (χ3n) is 3.32. The summed E-state index contributed by atoms with van der Waals surface area (Å²) in [7, 11) is 0. The topological polar surface area (TPSA) is 38.2 Å². The average molecular weight is 302 g/mol. The average Bonchev–Trinajstić information content (AvgIpc) is 2.84. The molecule has 0 spiro atoms. The lowest BCUT2D eigenvalue weighted by Crippen LogP contribution is -3.00. The minimum Gasteiger partial charge on any atom is -1.00 e. The van der Waals surface area contributed by atoms with Gasteiger partial charge in [-0.25, -0.2) is 0 Å². The molecule has 0 aliphatic heterocycles. The molecule has 0 unspecified atom stereocenters. The predicted octanol–water partition coefficient (Wildman–Crippen LogP) is -0.734. The maximum absolute atomic E-state index is 12.6. The molecule has 0 amide bonds.